The van der Waals surface area contributed by atoms with Crippen LogP contribution in [-0.4, -0.2) is 24.1 Å². The maximum absolute atomic E-state index is 13.0. The first-order valence-corrected chi connectivity index (χ1v) is 14.1. The number of unbranched alkanes of at least 4 members (excludes halogenated alkanes) is 2. The standard InChI is InChI=1S/C33H34N2O2S/c36-31(24-14-5-15-25-34-32(37)35-30-22-12-4-13-23-30)26-38-33(27-16-6-1-7-17-27,28-18-8-2-9-19-28)29-20-10-3-11-21-29/h1-4,6-13,16-23H,5,14-15,24-26H2,(H2,34,35,37). The van der Waals surface area contributed by atoms with Crippen molar-refractivity contribution >= 4 is 29.3 Å². The lowest BCUT2D eigenvalue weighted by Crippen LogP contribution is -2.29. The number of nitrogens with one attached hydrogen (secondary N) is 2. The van der Waals surface area contributed by atoms with Crippen LogP contribution in [0.1, 0.15) is 42.4 Å². The Balaban J connectivity index is 1.32. The van der Waals surface area contributed by atoms with Crippen molar-refractivity contribution < 1.29 is 9.59 Å². The Morgan fingerprint density at radius 2 is 1.08 bits per heavy atom. The second-order valence-electron chi connectivity index (χ2n) is 9.16. The lowest BCUT2D eigenvalue weighted by Gasteiger charge is -2.35. The van der Waals surface area contributed by atoms with Crippen LogP contribution in [0.4, 0.5) is 10.5 Å². The number of ketones is 1. The summed E-state index contributed by atoms with van der Waals surface area (Å²) < 4.78 is -0.477. The van der Waals surface area contributed by atoms with Gasteiger partial charge in [-0.3, -0.25) is 4.79 Å². The lowest BCUT2D eigenvalue weighted by molar-refractivity contribution is -0.116. The maximum Gasteiger partial charge on any atom is 0.319 e. The summed E-state index contributed by atoms with van der Waals surface area (Å²) >= 11 is 1.69. The quantitative estimate of drug-likeness (QED) is 0.140. The van der Waals surface area contributed by atoms with E-state index in [0.717, 1.165) is 41.6 Å². The van der Waals surface area contributed by atoms with E-state index in [4.69, 9.17) is 0 Å². The number of hydrogen-bond acceptors (Lipinski definition) is 3. The zero-order valence-corrected chi connectivity index (χ0v) is 22.3. The number of urea groups is 1. The van der Waals surface area contributed by atoms with E-state index in [1.54, 1.807) is 11.8 Å². The first kappa shape index (κ1) is 27.2. The summed E-state index contributed by atoms with van der Waals surface area (Å²) in [4.78, 5) is 25.0. The SMILES string of the molecule is O=C(CCCCCNC(=O)Nc1ccccc1)CSC(c1ccccc1)(c1ccccc1)c1ccccc1. The summed E-state index contributed by atoms with van der Waals surface area (Å²) in [7, 11) is 0. The van der Waals surface area contributed by atoms with Crippen molar-refractivity contribution in [3.8, 4) is 0 Å². The van der Waals surface area contributed by atoms with Gasteiger partial charge in [0.1, 0.15) is 5.78 Å². The second kappa shape index (κ2) is 14.2. The predicted molar refractivity (Wildman–Crippen MR) is 159 cm³/mol. The van der Waals surface area contributed by atoms with E-state index < -0.39 is 4.75 Å². The lowest BCUT2D eigenvalue weighted by atomic mass is 9.84. The summed E-state index contributed by atoms with van der Waals surface area (Å²) in [6.45, 7) is 0.584. The molecule has 2 N–H and O–H groups in total. The van der Waals surface area contributed by atoms with Crippen molar-refractivity contribution in [3.63, 3.8) is 0 Å². The minimum Gasteiger partial charge on any atom is -0.338 e. The Hall–Kier alpha value is -3.83. The van der Waals surface area contributed by atoms with Crippen LogP contribution in [0, 0.1) is 0 Å². The minimum absolute atomic E-state index is 0.206. The number of carbonyl (C=O) groups excluding carboxylic acids is 2. The molecule has 0 spiro atoms. The van der Waals surface area contributed by atoms with E-state index >= 15 is 0 Å². The topological polar surface area (TPSA) is 58.2 Å². The predicted octanol–water partition coefficient (Wildman–Crippen LogP) is 7.66. The van der Waals surface area contributed by atoms with E-state index in [1.165, 1.54) is 0 Å². The van der Waals surface area contributed by atoms with Crippen molar-refractivity contribution in [2.45, 2.75) is 30.4 Å². The number of carbonyl (C=O) groups is 2. The molecule has 0 heterocycles. The monoisotopic (exact) mass is 522 g/mol. The van der Waals surface area contributed by atoms with Gasteiger partial charge in [0, 0.05) is 18.7 Å². The van der Waals surface area contributed by atoms with Gasteiger partial charge in [-0.05, 0) is 41.7 Å². The van der Waals surface area contributed by atoms with E-state index in [9.17, 15) is 9.59 Å². The van der Waals surface area contributed by atoms with E-state index in [1.807, 2.05) is 48.5 Å². The highest BCUT2D eigenvalue weighted by molar-refractivity contribution is 8.01. The van der Waals surface area contributed by atoms with Crippen LogP contribution in [0.3, 0.4) is 0 Å². The first-order chi connectivity index (χ1) is 18.7. The number of hydrogen-bond donors (Lipinski definition) is 2. The Morgan fingerprint density at radius 1 is 0.605 bits per heavy atom. The average molecular weight is 523 g/mol. The van der Waals surface area contributed by atoms with Gasteiger partial charge in [0.05, 0.1) is 10.5 Å². The van der Waals surface area contributed by atoms with Crippen LogP contribution in [0.5, 0.6) is 0 Å². The number of thioether (sulfide) groups is 1. The first-order valence-electron chi connectivity index (χ1n) is 13.1. The Kier molecular flexibility index (Phi) is 10.2. The Bertz CT molecular complexity index is 1170. The van der Waals surface area contributed by atoms with E-state index in [2.05, 4.69) is 83.4 Å². The summed E-state index contributed by atoms with van der Waals surface area (Å²) in [5, 5.41) is 5.70. The van der Waals surface area contributed by atoms with Gasteiger partial charge in [0.25, 0.3) is 0 Å². The molecule has 0 unspecified atom stereocenters. The van der Waals surface area contributed by atoms with Gasteiger partial charge in [-0.1, -0.05) is 116 Å². The normalized spacial score (nSPS) is 11.1. The second-order valence-corrected chi connectivity index (χ2v) is 10.4. The molecule has 0 atom stereocenters. The third kappa shape index (κ3) is 7.36. The van der Waals surface area contributed by atoms with Gasteiger partial charge in [0.15, 0.2) is 0 Å². The largest absolute Gasteiger partial charge is 0.338 e. The maximum atomic E-state index is 13.0. The number of rotatable bonds is 13. The highest BCUT2D eigenvalue weighted by atomic mass is 32.2. The van der Waals surface area contributed by atoms with Crippen molar-refractivity contribution in [2.75, 3.05) is 17.6 Å². The molecule has 0 aliphatic carbocycles. The fraction of sp³-hybridized carbons (Fsp3) is 0.212. The number of anilines is 1. The Labute approximate surface area is 229 Å². The number of benzene rings is 4. The van der Waals surface area contributed by atoms with Crippen LogP contribution >= 0.6 is 11.8 Å². The van der Waals surface area contributed by atoms with Crippen molar-refractivity contribution in [1.82, 2.24) is 5.32 Å². The van der Waals surface area contributed by atoms with Crippen LogP contribution in [-0.2, 0) is 9.54 Å². The summed E-state index contributed by atoms with van der Waals surface area (Å²) in [6, 6.07) is 40.5. The van der Waals surface area contributed by atoms with Gasteiger partial charge in [-0.2, -0.15) is 0 Å². The molecular formula is C33H34N2O2S. The molecule has 4 rings (SSSR count). The number of Topliss-reactive ketones (excluding diaryl/α,β-unsaturated/α-hetero) is 1. The molecule has 4 aromatic rings. The minimum atomic E-state index is -0.477. The molecule has 0 fully saturated rings. The molecule has 0 bridgehead atoms. The fourth-order valence-electron chi connectivity index (χ4n) is 4.55. The van der Waals surface area contributed by atoms with Gasteiger partial charge in [-0.25, -0.2) is 4.79 Å². The number of amides is 2. The van der Waals surface area contributed by atoms with Crippen molar-refractivity contribution in [2.24, 2.45) is 0 Å². The van der Waals surface area contributed by atoms with Crippen molar-refractivity contribution in [3.05, 3.63) is 138 Å². The molecule has 5 heteroatoms. The van der Waals surface area contributed by atoms with Gasteiger partial charge >= 0.3 is 6.03 Å². The molecule has 2 amide bonds. The molecular weight excluding hydrogens is 488 g/mol. The zero-order chi connectivity index (χ0) is 26.5. The highest BCUT2D eigenvalue weighted by Gasteiger charge is 2.37. The molecule has 0 radical (unpaired) electrons. The Morgan fingerprint density at radius 3 is 1.58 bits per heavy atom. The molecule has 38 heavy (non-hydrogen) atoms. The van der Waals surface area contributed by atoms with Crippen LogP contribution in [0.15, 0.2) is 121 Å². The van der Waals surface area contributed by atoms with Crippen LogP contribution in [0.25, 0.3) is 0 Å². The van der Waals surface area contributed by atoms with Gasteiger partial charge in [-0.15, -0.1) is 11.8 Å². The molecule has 0 aliphatic heterocycles. The fourth-order valence-corrected chi connectivity index (χ4v) is 5.98. The highest BCUT2D eigenvalue weighted by Crippen LogP contribution is 2.48. The number of para-hydroxylation sites is 1. The average Bonchev–Trinajstić information content (AvgIpc) is 2.97. The van der Waals surface area contributed by atoms with Gasteiger partial charge < -0.3 is 10.6 Å². The van der Waals surface area contributed by atoms with E-state index in [-0.39, 0.29) is 11.8 Å². The van der Waals surface area contributed by atoms with Crippen LogP contribution < -0.4 is 10.6 Å². The molecule has 0 saturated heterocycles. The summed E-state index contributed by atoms with van der Waals surface area (Å²) in [6.07, 6.45) is 3.09. The zero-order valence-electron chi connectivity index (χ0n) is 21.5. The smallest absolute Gasteiger partial charge is 0.319 e. The summed E-state index contributed by atoms with van der Waals surface area (Å²) in [5.41, 5.74) is 4.26. The van der Waals surface area contributed by atoms with E-state index in [0.29, 0.717) is 18.7 Å². The third-order valence-electron chi connectivity index (χ3n) is 6.44. The van der Waals surface area contributed by atoms with Crippen LogP contribution in [0.2, 0.25) is 0 Å². The molecule has 194 valence electrons. The summed E-state index contributed by atoms with van der Waals surface area (Å²) in [5.74, 6) is 0.674. The van der Waals surface area contributed by atoms with Gasteiger partial charge in [0.2, 0.25) is 0 Å². The molecule has 0 aliphatic rings. The molecule has 0 saturated carbocycles. The third-order valence-corrected chi connectivity index (χ3v) is 8.05. The molecule has 4 nitrogen and oxygen atoms in total. The molecule has 0 aromatic heterocycles. The van der Waals surface area contributed by atoms with Crippen molar-refractivity contribution in [1.29, 1.82) is 0 Å². The molecule has 4 aromatic carbocycles.